The monoisotopic (exact) mass is 459 g/mol. The van der Waals surface area contributed by atoms with Crippen LogP contribution in [0.2, 0.25) is 0 Å². The van der Waals surface area contributed by atoms with Crippen LogP contribution in [-0.4, -0.2) is 53.5 Å². The third kappa shape index (κ3) is 4.65. The number of sulfonamides is 1. The lowest BCUT2D eigenvalue weighted by atomic mass is 10.1. The Morgan fingerprint density at radius 3 is 2.39 bits per heavy atom. The number of carbonyl (C=O) groups is 3. The van der Waals surface area contributed by atoms with Gasteiger partial charge in [-0.05, 0) is 48.7 Å². The number of nitrogens with one attached hydrogen (secondary N) is 1. The maximum absolute atomic E-state index is 12.7. The summed E-state index contributed by atoms with van der Waals surface area (Å²) in [5.41, 5.74) is 1.53. The normalized spacial score (nSPS) is 17.4. The summed E-state index contributed by atoms with van der Waals surface area (Å²) >= 11 is 0.987. The first kappa shape index (κ1) is 21.5. The zero-order chi connectivity index (χ0) is 22.0. The zero-order valence-corrected chi connectivity index (χ0v) is 18.2. The number of rotatable bonds is 6. The number of carbonyl (C=O) groups excluding carboxylic acids is 3. The lowest BCUT2D eigenvalue weighted by molar-refractivity contribution is -0.125. The van der Waals surface area contributed by atoms with Crippen LogP contribution in [0, 0.1) is 0 Å². The van der Waals surface area contributed by atoms with E-state index in [2.05, 4.69) is 5.32 Å². The minimum atomic E-state index is -3.60. The van der Waals surface area contributed by atoms with E-state index >= 15 is 0 Å². The summed E-state index contributed by atoms with van der Waals surface area (Å²) in [5, 5.41) is 2.49. The topological polar surface area (TPSA) is 104 Å². The molecule has 2 aromatic carbocycles. The average Bonchev–Trinajstić information content (AvgIpc) is 3.42. The van der Waals surface area contributed by atoms with Crippen LogP contribution in [-0.2, 0) is 21.4 Å². The Labute approximate surface area is 184 Å². The van der Waals surface area contributed by atoms with Gasteiger partial charge in [0.1, 0.15) is 0 Å². The van der Waals surface area contributed by atoms with Gasteiger partial charge >= 0.3 is 0 Å². The standard InChI is InChI=1S/C21H21N3O5S2/c25-19-14-30-21(27)24(19)13-15-6-8-17(9-7-15)22-20(26)16-4-3-5-18(12-16)31(28,29)23-10-1-2-11-23/h3-9,12H,1-2,10-11,13-14H2,(H,22,26). The molecule has 1 N–H and O–H groups in total. The second-order valence-corrected chi connectivity index (χ2v) is 10.2. The Balaban J connectivity index is 1.44. The number of amides is 3. The van der Waals surface area contributed by atoms with Crippen molar-refractivity contribution in [2.75, 3.05) is 24.2 Å². The quantitative estimate of drug-likeness (QED) is 0.712. The summed E-state index contributed by atoms with van der Waals surface area (Å²) in [6, 6.07) is 12.8. The van der Waals surface area contributed by atoms with Crippen LogP contribution < -0.4 is 5.32 Å². The van der Waals surface area contributed by atoms with Gasteiger partial charge in [-0.25, -0.2) is 8.42 Å². The molecule has 0 unspecified atom stereocenters. The molecule has 0 atom stereocenters. The van der Waals surface area contributed by atoms with Crippen LogP contribution in [0.3, 0.4) is 0 Å². The van der Waals surface area contributed by atoms with E-state index in [0.717, 1.165) is 30.2 Å². The van der Waals surface area contributed by atoms with Gasteiger partial charge in [0.2, 0.25) is 15.9 Å². The molecule has 3 amide bonds. The van der Waals surface area contributed by atoms with E-state index in [4.69, 9.17) is 0 Å². The molecule has 2 aromatic rings. The highest BCUT2D eigenvalue weighted by Crippen LogP contribution is 2.23. The van der Waals surface area contributed by atoms with Crippen molar-refractivity contribution in [2.45, 2.75) is 24.3 Å². The van der Waals surface area contributed by atoms with Gasteiger partial charge < -0.3 is 5.32 Å². The summed E-state index contributed by atoms with van der Waals surface area (Å²) in [6.45, 7) is 1.19. The predicted octanol–water partition coefficient (Wildman–Crippen LogP) is 2.92. The summed E-state index contributed by atoms with van der Waals surface area (Å²) < 4.78 is 26.9. The van der Waals surface area contributed by atoms with Gasteiger partial charge in [0.15, 0.2) is 0 Å². The van der Waals surface area contributed by atoms with Crippen molar-refractivity contribution in [3.8, 4) is 0 Å². The Kier molecular flexibility index (Phi) is 6.12. The van der Waals surface area contributed by atoms with Crippen LogP contribution in [0.5, 0.6) is 0 Å². The maximum Gasteiger partial charge on any atom is 0.289 e. The maximum atomic E-state index is 12.7. The van der Waals surface area contributed by atoms with Crippen molar-refractivity contribution >= 4 is 44.5 Å². The van der Waals surface area contributed by atoms with E-state index in [0.29, 0.717) is 18.8 Å². The van der Waals surface area contributed by atoms with E-state index in [1.807, 2.05) is 0 Å². The number of hydrogen-bond acceptors (Lipinski definition) is 6. The van der Waals surface area contributed by atoms with Crippen molar-refractivity contribution in [2.24, 2.45) is 0 Å². The third-order valence-electron chi connectivity index (χ3n) is 5.19. The molecule has 0 bridgehead atoms. The van der Waals surface area contributed by atoms with Gasteiger partial charge in [-0.1, -0.05) is 30.0 Å². The lowest BCUT2D eigenvalue weighted by Crippen LogP contribution is -2.28. The summed E-state index contributed by atoms with van der Waals surface area (Å²) in [4.78, 5) is 37.4. The minimum Gasteiger partial charge on any atom is -0.322 e. The van der Waals surface area contributed by atoms with Gasteiger partial charge in [0.05, 0.1) is 17.2 Å². The minimum absolute atomic E-state index is 0.107. The Morgan fingerprint density at radius 2 is 1.74 bits per heavy atom. The first-order chi connectivity index (χ1) is 14.8. The van der Waals surface area contributed by atoms with Gasteiger partial charge in [0.25, 0.3) is 11.1 Å². The number of benzene rings is 2. The number of nitrogens with zero attached hydrogens (tertiary/aromatic N) is 2. The molecule has 2 aliphatic rings. The van der Waals surface area contributed by atoms with Crippen molar-refractivity contribution < 1.29 is 22.8 Å². The van der Waals surface area contributed by atoms with Crippen molar-refractivity contribution in [3.63, 3.8) is 0 Å². The molecule has 0 aromatic heterocycles. The van der Waals surface area contributed by atoms with Crippen LogP contribution in [0.25, 0.3) is 0 Å². The van der Waals surface area contributed by atoms with Crippen LogP contribution >= 0.6 is 11.8 Å². The molecule has 0 spiro atoms. The number of thioether (sulfide) groups is 1. The lowest BCUT2D eigenvalue weighted by Gasteiger charge is -2.16. The molecule has 2 aliphatic heterocycles. The first-order valence-corrected chi connectivity index (χ1v) is 12.2. The van der Waals surface area contributed by atoms with E-state index in [-0.39, 0.29) is 33.9 Å². The number of anilines is 1. The average molecular weight is 460 g/mol. The molecule has 2 fully saturated rings. The second kappa shape index (κ2) is 8.81. The highest BCUT2D eigenvalue weighted by Gasteiger charge is 2.30. The van der Waals surface area contributed by atoms with Gasteiger partial charge in [0, 0.05) is 24.3 Å². The SMILES string of the molecule is O=C(Nc1ccc(CN2C(=O)CSC2=O)cc1)c1cccc(S(=O)(=O)N2CCCC2)c1. The summed E-state index contributed by atoms with van der Waals surface area (Å²) in [5.74, 6) is -0.469. The molecule has 10 heteroatoms. The zero-order valence-electron chi connectivity index (χ0n) is 16.6. The van der Waals surface area contributed by atoms with Crippen LogP contribution in [0.1, 0.15) is 28.8 Å². The Hall–Kier alpha value is -2.69. The van der Waals surface area contributed by atoms with Gasteiger partial charge in [-0.3, -0.25) is 19.3 Å². The summed E-state index contributed by atoms with van der Waals surface area (Å²) in [7, 11) is -3.60. The van der Waals surface area contributed by atoms with Crippen molar-refractivity contribution in [1.29, 1.82) is 0 Å². The fourth-order valence-electron chi connectivity index (χ4n) is 3.49. The Bertz CT molecular complexity index is 1110. The number of imide groups is 1. The van der Waals surface area contributed by atoms with E-state index in [9.17, 15) is 22.8 Å². The Morgan fingerprint density at radius 1 is 1.03 bits per heavy atom. The molecule has 0 radical (unpaired) electrons. The van der Waals surface area contributed by atoms with Crippen LogP contribution in [0.15, 0.2) is 53.4 Å². The summed E-state index contributed by atoms with van der Waals surface area (Å²) in [6.07, 6.45) is 1.68. The number of hydrogen-bond donors (Lipinski definition) is 1. The largest absolute Gasteiger partial charge is 0.322 e. The molecule has 0 aliphatic carbocycles. The smallest absolute Gasteiger partial charge is 0.289 e. The van der Waals surface area contributed by atoms with E-state index < -0.39 is 15.9 Å². The molecule has 8 nitrogen and oxygen atoms in total. The van der Waals surface area contributed by atoms with Gasteiger partial charge in [-0.2, -0.15) is 4.31 Å². The molecule has 0 saturated carbocycles. The second-order valence-electron chi connectivity index (χ2n) is 7.32. The molecule has 31 heavy (non-hydrogen) atoms. The van der Waals surface area contributed by atoms with Crippen LogP contribution in [0.4, 0.5) is 10.5 Å². The highest BCUT2D eigenvalue weighted by atomic mass is 32.2. The highest BCUT2D eigenvalue weighted by molar-refractivity contribution is 8.14. The van der Waals surface area contributed by atoms with Crippen molar-refractivity contribution in [1.82, 2.24) is 9.21 Å². The predicted molar refractivity (Wildman–Crippen MR) is 117 cm³/mol. The molecular formula is C21H21N3O5S2. The fraction of sp³-hybridized carbons (Fsp3) is 0.286. The van der Waals surface area contributed by atoms with Gasteiger partial charge in [-0.15, -0.1) is 0 Å². The third-order valence-corrected chi connectivity index (χ3v) is 7.95. The molecule has 4 rings (SSSR count). The molecule has 2 heterocycles. The molecule has 2 saturated heterocycles. The molecular weight excluding hydrogens is 438 g/mol. The molecule has 162 valence electrons. The van der Waals surface area contributed by atoms with E-state index in [1.54, 1.807) is 36.4 Å². The first-order valence-electron chi connectivity index (χ1n) is 9.82. The van der Waals surface area contributed by atoms with Crippen molar-refractivity contribution in [3.05, 3.63) is 59.7 Å². The van der Waals surface area contributed by atoms with E-state index in [1.165, 1.54) is 21.3 Å². The fourth-order valence-corrected chi connectivity index (χ4v) is 5.78.